The summed E-state index contributed by atoms with van der Waals surface area (Å²) >= 11 is 0. The topological polar surface area (TPSA) is 75.2 Å². The lowest BCUT2D eigenvalue weighted by Gasteiger charge is -2.30. The van der Waals surface area contributed by atoms with E-state index in [1.165, 1.54) is 7.11 Å². The maximum atomic E-state index is 5.05. The van der Waals surface area contributed by atoms with E-state index in [1.54, 1.807) is 7.05 Å². The lowest BCUT2D eigenvalue weighted by Crippen LogP contribution is -2.40. The smallest absolute Gasteiger partial charge is 0.322 e. The zero-order valence-corrected chi connectivity index (χ0v) is 13.3. The maximum absolute atomic E-state index is 5.05. The van der Waals surface area contributed by atoms with Gasteiger partial charge in [-0.15, -0.1) is 0 Å². The Morgan fingerprint density at radius 2 is 1.65 bits per heavy atom. The number of anilines is 2. The van der Waals surface area contributed by atoms with Crippen LogP contribution in [-0.2, 0) is 0 Å². The molecule has 0 radical (unpaired) electrons. The van der Waals surface area contributed by atoms with E-state index in [4.69, 9.17) is 4.74 Å². The van der Waals surface area contributed by atoms with Gasteiger partial charge in [0, 0.05) is 32.2 Å². The molecule has 7 nitrogen and oxygen atoms in total. The highest BCUT2D eigenvalue weighted by Gasteiger charge is 2.13. The Morgan fingerprint density at radius 1 is 1.05 bits per heavy atom. The van der Waals surface area contributed by atoms with Crippen LogP contribution in [0.5, 0.6) is 6.01 Å². The van der Waals surface area contributed by atoms with Crippen LogP contribution in [0.25, 0.3) is 0 Å². The van der Waals surface area contributed by atoms with E-state index in [1.807, 2.05) is 0 Å². The second-order valence-corrected chi connectivity index (χ2v) is 5.07. The molecule has 0 aliphatic heterocycles. The summed E-state index contributed by atoms with van der Waals surface area (Å²) in [7, 11) is 3.30. The Kier molecular flexibility index (Phi) is 6.44. The van der Waals surface area contributed by atoms with Gasteiger partial charge in [0.05, 0.1) is 7.11 Å². The van der Waals surface area contributed by atoms with Crippen LogP contribution in [0, 0.1) is 0 Å². The Morgan fingerprint density at radius 3 is 2.15 bits per heavy atom. The lowest BCUT2D eigenvalue weighted by atomic mass is 10.2. The standard InChI is InChI=1S/C13H26N6O/c1-9(2)19(10(3)4)8-7-15-12-16-11(14-5)17-13(18-12)20-6/h9-10H,7-8H2,1-6H3,(H2,14,15,16,17,18). The van der Waals surface area contributed by atoms with Crippen LogP contribution in [0.4, 0.5) is 11.9 Å². The average molecular weight is 282 g/mol. The van der Waals surface area contributed by atoms with Gasteiger partial charge in [-0.25, -0.2) is 0 Å². The zero-order valence-electron chi connectivity index (χ0n) is 13.3. The first-order chi connectivity index (χ1) is 9.47. The number of hydrogen-bond acceptors (Lipinski definition) is 7. The summed E-state index contributed by atoms with van der Waals surface area (Å²) in [6, 6.07) is 1.33. The second-order valence-electron chi connectivity index (χ2n) is 5.07. The molecule has 7 heteroatoms. The third-order valence-corrected chi connectivity index (χ3v) is 3.00. The molecule has 114 valence electrons. The van der Waals surface area contributed by atoms with Crippen LogP contribution in [0.15, 0.2) is 0 Å². The van der Waals surface area contributed by atoms with Crippen molar-refractivity contribution in [3.05, 3.63) is 0 Å². The fourth-order valence-corrected chi connectivity index (χ4v) is 2.05. The molecule has 1 heterocycles. The highest BCUT2D eigenvalue weighted by molar-refractivity contribution is 5.35. The van der Waals surface area contributed by atoms with E-state index < -0.39 is 0 Å². The molecule has 0 saturated heterocycles. The fraction of sp³-hybridized carbons (Fsp3) is 0.769. The van der Waals surface area contributed by atoms with E-state index in [0.717, 1.165) is 13.1 Å². The van der Waals surface area contributed by atoms with Gasteiger partial charge in [0.15, 0.2) is 0 Å². The third kappa shape index (κ3) is 4.80. The lowest BCUT2D eigenvalue weighted by molar-refractivity contribution is 0.182. The maximum Gasteiger partial charge on any atom is 0.322 e. The Balaban J connectivity index is 2.61. The van der Waals surface area contributed by atoms with Crippen LogP contribution in [0.1, 0.15) is 27.7 Å². The van der Waals surface area contributed by atoms with Gasteiger partial charge < -0.3 is 15.4 Å². The minimum Gasteiger partial charge on any atom is -0.467 e. The molecule has 0 aliphatic carbocycles. The van der Waals surface area contributed by atoms with Crippen molar-refractivity contribution in [2.24, 2.45) is 0 Å². The fourth-order valence-electron chi connectivity index (χ4n) is 2.05. The van der Waals surface area contributed by atoms with Crippen molar-refractivity contribution < 1.29 is 4.74 Å². The number of nitrogens with zero attached hydrogens (tertiary/aromatic N) is 4. The highest BCUT2D eigenvalue weighted by atomic mass is 16.5. The summed E-state index contributed by atoms with van der Waals surface area (Å²) in [5, 5.41) is 6.10. The van der Waals surface area contributed by atoms with Crippen molar-refractivity contribution in [2.75, 3.05) is 37.9 Å². The molecule has 0 amide bonds. The quantitative estimate of drug-likeness (QED) is 0.747. The van der Waals surface area contributed by atoms with Gasteiger partial charge in [-0.05, 0) is 27.7 Å². The second kappa shape index (κ2) is 7.84. The number of rotatable bonds is 8. The van der Waals surface area contributed by atoms with Crippen molar-refractivity contribution in [1.29, 1.82) is 0 Å². The summed E-state index contributed by atoms with van der Waals surface area (Å²) in [6.45, 7) is 10.5. The van der Waals surface area contributed by atoms with Gasteiger partial charge >= 0.3 is 6.01 Å². The molecule has 0 aliphatic rings. The molecule has 0 spiro atoms. The monoisotopic (exact) mass is 282 g/mol. The van der Waals surface area contributed by atoms with Crippen molar-refractivity contribution in [3.8, 4) is 6.01 Å². The Hall–Kier alpha value is -1.63. The van der Waals surface area contributed by atoms with E-state index in [0.29, 0.717) is 30.0 Å². The minimum atomic E-state index is 0.302. The number of ether oxygens (including phenoxy) is 1. The van der Waals surface area contributed by atoms with E-state index in [2.05, 4.69) is 58.2 Å². The van der Waals surface area contributed by atoms with Crippen LogP contribution in [0.2, 0.25) is 0 Å². The summed E-state index contributed by atoms with van der Waals surface area (Å²) in [5.74, 6) is 1.01. The molecule has 2 N–H and O–H groups in total. The van der Waals surface area contributed by atoms with E-state index >= 15 is 0 Å². The predicted octanol–water partition coefficient (Wildman–Crippen LogP) is 1.45. The summed E-state index contributed by atoms with van der Waals surface area (Å²) in [6.07, 6.45) is 0. The molecule has 0 atom stereocenters. The first-order valence-corrected chi connectivity index (χ1v) is 6.95. The number of hydrogen-bond donors (Lipinski definition) is 2. The van der Waals surface area contributed by atoms with E-state index in [9.17, 15) is 0 Å². The zero-order chi connectivity index (χ0) is 15.1. The van der Waals surface area contributed by atoms with Gasteiger partial charge in [-0.2, -0.15) is 15.0 Å². The molecule has 0 aromatic carbocycles. The summed E-state index contributed by atoms with van der Waals surface area (Å²) in [4.78, 5) is 14.9. The summed E-state index contributed by atoms with van der Waals surface area (Å²) in [5.41, 5.74) is 0. The first kappa shape index (κ1) is 16.4. The number of methoxy groups -OCH3 is 1. The van der Waals surface area contributed by atoms with Gasteiger partial charge in [-0.1, -0.05) is 0 Å². The predicted molar refractivity (Wildman–Crippen MR) is 81.4 cm³/mol. The van der Waals surface area contributed by atoms with Crippen molar-refractivity contribution in [2.45, 2.75) is 39.8 Å². The van der Waals surface area contributed by atoms with Crippen molar-refractivity contribution in [3.63, 3.8) is 0 Å². The normalized spacial score (nSPS) is 11.2. The number of nitrogens with one attached hydrogen (secondary N) is 2. The van der Waals surface area contributed by atoms with Gasteiger partial charge in [0.1, 0.15) is 0 Å². The Labute approximate surface area is 121 Å². The molecule has 0 fully saturated rings. The molecular weight excluding hydrogens is 256 g/mol. The average Bonchev–Trinajstić information content (AvgIpc) is 2.42. The van der Waals surface area contributed by atoms with Gasteiger partial charge in [-0.3, -0.25) is 4.90 Å². The Bertz CT molecular complexity index is 380. The molecule has 0 bridgehead atoms. The van der Waals surface area contributed by atoms with Gasteiger partial charge in [0.25, 0.3) is 0 Å². The SMILES string of the molecule is CNc1nc(NCCN(C(C)C)C(C)C)nc(OC)n1. The van der Waals surface area contributed by atoms with Crippen LogP contribution >= 0.6 is 0 Å². The highest BCUT2D eigenvalue weighted by Crippen LogP contribution is 2.10. The molecule has 0 unspecified atom stereocenters. The molecule has 1 aromatic heterocycles. The third-order valence-electron chi connectivity index (χ3n) is 3.00. The molecule has 20 heavy (non-hydrogen) atoms. The van der Waals surface area contributed by atoms with Crippen LogP contribution < -0.4 is 15.4 Å². The molecule has 0 saturated carbocycles. The molecular formula is C13H26N6O. The van der Waals surface area contributed by atoms with Gasteiger partial charge in [0.2, 0.25) is 11.9 Å². The summed E-state index contributed by atoms with van der Waals surface area (Å²) < 4.78 is 5.05. The van der Waals surface area contributed by atoms with Crippen LogP contribution in [-0.4, -0.2) is 59.2 Å². The van der Waals surface area contributed by atoms with Crippen molar-refractivity contribution in [1.82, 2.24) is 19.9 Å². The van der Waals surface area contributed by atoms with Crippen molar-refractivity contribution >= 4 is 11.9 Å². The van der Waals surface area contributed by atoms with E-state index in [-0.39, 0.29) is 0 Å². The minimum absolute atomic E-state index is 0.302. The number of aromatic nitrogens is 3. The molecule has 1 aromatic rings. The largest absolute Gasteiger partial charge is 0.467 e. The molecule has 1 rings (SSSR count). The van der Waals surface area contributed by atoms with Crippen LogP contribution in [0.3, 0.4) is 0 Å². The first-order valence-electron chi connectivity index (χ1n) is 6.95.